The van der Waals surface area contributed by atoms with Crippen molar-refractivity contribution in [3.05, 3.63) is 144 Å². The number of hydrogen-bond acceptors (Lipinski definition) is 16. The maximum absolute atomic E-state index is 15.5. The number of carbonyl (C=O) groups is 14. The first-order chi connectivity index (χ1) is 51.2. The molecule has 8 rings (SSSR count). The van der Waals surface area contributed by atoms with Gasteiger partial charge in [-0.2, -0.15) is 0 Å². The largest absolute Gasteiger partial charge is 0.481 e. The highest BCUT2D eigenvalue weighted by Crippen LogP contribution is 2.26. The summed E-state index contributed by atoms with van der Waals surface area (Å²) >= 11 is 0. The van der Waals surface area contributed by atoms with Gasteiger partial charge in [0.2, 0.25) is 76.8 Å². The van der Waals surface area contributed by atoms with Gasteiger partial charge in [-0.1, -0.05) is 105 Å². The summed E-state index contributed by atoms with van der Waals surface area (Å²) in [6, 6.07) is 15.2. The zero-order valence-corrected chi connectivity index (χ0v) is 59.5. The summed E-state index contributed by atoms with van der Waals surface area (Å²) < 4.78 is 0. The number of unbranched alkanes of at least 4 members (excludes halogenated alkanes) is 1. The van der Waals surface area contributed by atoms with Crippen molar-refractivity contribution >= 4 is 115 Å². The lowest BCUT2D eigenvalue weighted by Gasteiger charge is -2.30. The second-order valence-corrected chi connectivity index (χ2v) is 26.5. The van der Waals surface area contributed by atoms with E-state index in [-0.39, 0.29) is 58.0 Å². The molecule has 7 aromatic rings. The van der Waals surface area contributed by atoms with Gasteiger partial charge in [0.1, 0.15) is 60.4 Å². The number of carboxylic acids is 1. The smallest absolute Gasteiger partial charge is 0.305 e. The Bertz CT molecular complexity index is 4370. The number of carbonyl (C=O) groups excluding carboxylic acids is 13. The lowest BCUT2D eigenvalue weighted by atomic mass is 9.97. The molecule has 0 bridgehead atoms. The minimum atomic E-state index is -1.75. The summed E-state index contributed by atoms with van der Waals surface area (Å²) in [5.74, 6) is -13.7. The number of nitrogens with zero attached hydrogens (tertiary/aromatic N) is 1. The van der Waals surface area contributed by atoms with Crippen molar-refractivity contribution in [1.29, 1.82) is 0 Å². The van der Waals surface area contributed by atoms with Crippen molar-refractivity contribution in [3.63, 3.8) is 0 Å². The first kappa shape index (κ1) is 80.7. The maximum Gasteiger partial charge on any atom is 0.305 e. The van der Waals surface area contributed by atoms with Crippen LogP contribution in [-0.2, 0) is 92.8 Å². The van der Waals surface area contributed by atoms with Gasteiger partial charge in [-0.3, -0.25) is 67.1 Å². The average molecular weight is 1480 g/mol. The second-order valence-electron chi connectivity index (χ2n) is 26.5. The highest BCUT2D eigenvalue weighted by molar-refractivity contribution is 6.01. The number of aromatic amines is 3. The highest BCUT2D eigenvalue weighted by Gasteiger charge is 2.41. The summed E-state index contributed by atoms with van der Waals surface area (Å²) in [4.78, 5) is 204. The second kappa shape index (κ2) is 38.7. The molecule has 0 unspecified atom stereocenters. The van der Waals surface area contributed by atoms with Crippen LogP contribution in [0.1, 0.15) is 94.4 Å². The number of benzene rings is 4. The van der Waals surface area contributed by atoms with Crippen LogP contribution in [0.5, 0.6) is 0 Å². The maximum atomic E-state index is 15.5. The molecule has 1 saturated heterocycles. The van der Waals surface area contributed by atoms with E-state index < -0.39 is 175 Å². The van der Waals surface area contributed by atoms with E-state index in [9.17, 15) is 58.2 Å². The number of primary amides is 2. The fourth-order valence-electron chi connectivity index (χ4n) is 12.9. The number of amides is 13. The van der Waals surface area contributed by atoms with Crippen LogP contribution < -0.4 is 70.4 Å². The fraction of sp³-hybridized carbons (Fsp3) is 0.405. The number of aliphatic hydroxyl groups excluding tert-OH is 1. The summed E-state index contributed by atoms with van der Waals surface area (Å²) in [6.07, 6.45) is 3.96. The number of fused-ring (bicyclic) bond motifs is 3. The molecular formula is C74H93N17O16. The van der Waals surface area contributed by atoms with E-state index in [0.29, 0.717) is 74.2 Å². The number of likely N-dealkylation sites (tertiary alicyclic amines) is 1. The zero-order valence-electron chi connectivity index (χ0n) is 59.5. The number of rotatable bonds is 40. The molecule has 1 aliphatic rings. The van der Waals surface area contributed by atoms with Crippen LogP contribution in [0.2, 0.25) is 0 Å². The number of H-pyrrole nitrogens is 3. The van der Waals surface area contributed by atoms with Crippen LogP contribution in [0.25, 0.3) is 32.7 Å². The number of carboxylic acid groups (broad SMARTS) is 1. The van der Waals surface area contributed by atoms with Crippen LogP contribution in [0, 0.1) is 5.92 Å². The first-order valence-electron chi connectivity index (χ1n) is 35.3. The van der Waals surface area contributed by atoms with Crippen molar-refractivity contribution in [2.75, 3.05) is 26.2 Å². The number of hydrogen-bond donors (Lipinski definition) is 18. The molecule has 13 amide bonds. The lowest BCUT2D eigenvalue weighted by Crippen LogP contribution is -2.61. The van der Waals surface area contributed by atoms with E-state index in [1.807, 2.05) is 24.3 Å². The molecule has 3 aromatic heterocycles. The Hall–Kier alpha value is -12.0. The Labute approximate surface area is 614 Å². The predicted octanol–water partition coefficient (Wildman–Crippen LogP) is -1.11. The third-order valence-electron chi connectivity index (χ3n) is 18.7. The molecule has 11 atom stereocenters. The average Bonchev–Trinajstić information content (AvgIpc) is 1.73. The SMILES string of the molecule is CC[C@H](C)[C@H](NC(=O)CNC(=O)[C@@H]1CCCN1C(=O)[C@H](Cc1c[nH]c2ccccc12)NC(=O)[C@H](Cc1c[nH]c2ccccc12)NC(=O)[C@H](CCCCN)NC(=O)[C@H](Cc1c[nH]c2ccccc12)NC(=O)[C@@H](CC(N)=O)NC(=O)[C@H](CO)NC(C)=O)C(=O)N[C@@H](Cc1ccccc1)C(=O)N[C@@H](CC(=O)O)C(N)=O. The number of aromatic nitrogens is 3. The minimum Gasteiger partial charge on any atom is -0.481 e. The number of para-hydroxylation sites is 3. The molecule has 33 heteroatoms. The lowest BCUT2D eigenvalue weighted by molar-refractivity contribution is -0.142. The molecule has 1 fully saturated rings. The van der Waals surface area contributed by atoms with Crippen molar-refractivity contribution in [2.24, 2.45) is 23.1 Å². The van der Waals surface area contributed by atoms with Gasteiger partial charge in [-0.25, -0.2) is 0 Å². The van der Waals surface area contributed by atoms with Crippen molar-refractivity contribution < 1.29 is 77.3 Å². The number of aliphatic hydroxyl groups is 1. The molecule has 0 spiro atoms. The Morgan fingerprint density at radius 2 is 0.972 bits per heavy atom. The normalized spacial score (nSPS) is 15.5. The predicted molar refractivity (Wildman–Crippen MR) is 392 cm³/mol. The van der Waals surface area contributed by atoms with Crippen LogP contribution in [0.15, 0.2) is 122 Å². The van der Waals surface area contributed by atoms with Gasteiger partial charge < -0.3 is 100 Å². The Morgan fingerprint density at radius 1 is 0.523 bits per heavy atom. The molecule has 0 saturated carbocycles. The van der Waals surface area contributed by atoms with Gasteiger partial charge in [-0.05, 0) is 85.0 Å². The molecule has 4 heterocycles. The summed E-state index contributed by atoms with van der Waals surface area (Å²) in [6.45, 7) is 3.15. The van der Waals surface area contributed by atoms with E-state index >= 15 is 19.2 Å². The van der Waals surface area contributed by atoms with Gasteiger partial charge in [0.05, 0.1) is 26.0 Å². The van der Waals surface area contributed by atoms with Crippen molar-refractivity contribution in [1.82, 2.24) is 73.0 Å². The molecule has 33 nitrogen and oxygen atoms in total. The van der Waals surface area contributed by atoms with Crippen LogP contribution in [0.4, 0.5) is 0 Å². The van der Waals surface area contributed by atoms with Gasteiger partial charge >= 0.3 is 5.97 Å². The molecular weight excluding hydrogens is 1380 g/mol. The monoisotopic (exact) mass is 1480 g/mol. The third-order valence-corrected chi connectivity index (χ3v) is 18.7. The van der Waals surface area contributed by atoms with E-state index in [0.717, 1.165) is 6.92 Å². The molecule has 21 N–H and O–H groups in total. The Morgan fingerprint density at radius 3 is 1.47 bits per heavy atom. The highest BCUT2D eigenvalue weighted by atomic mass is 16.4. The Balaban J connectivity index is 1.04. The molecule has 107 heavy (non-hydrogen) atoms. The van der Waals surface area contributed by atoms with Crippen LogP contribution in [0.3, 0.4) is 0 Å². The van der Waals surface area contributed by atoms with Gasteiger partial charge in [0, 0.05) is 90.5 Å². The first-order valence-corrected chi connectivity index (χ1v) is 35.3. The van der Waals surface area contributed by atoms with Crippen LogP contribution in [-0.4, -0.2) is 199 Å². The van der Waals surface area contributed by atoms with Crippen molar-refractivity contribution in [3.8, 4) is 0 Å². The summed E-state index contributed by atoms with van der Waals surface area (Å²) in [5, 5.41) is 47.3. The minimum absolute atomic E-state index is 0.0263. The zero-order chi connectivity index (χ0) is 77.4. The quantitative estimate of drug-likeness (QED) is 0.0203. The summed E-state index contributed by atoms with van der Waals surface area (Å²) in [5.41, 5.74) is 21.2. The Kier molecular flexibility index (Phi) is 29.2. The molecule has 0 radical (unpaired) electrons. The number of nitrogens with two attached hydrogens (primary N) is 3. The van der Waals surface area contributed by atoms with E-state index in [1.165, 1.54) is 4.90 Å². The van der Waals surface area contributed by atoms with Gasteiger partial charge in [0.15, 0.2) is 0 Å². The van der Waals surface area contributed by atoms with Gasteiger partial charge in [0.25, 0.3) is 0 Å². The number of nitrogens with one attached hydrogen (secondary N) is 13. The van der Waals surface area contributed by atoms with E-state index in [1.54, 1.807) is 111 Å². The molecule has 1 aliphatic heterocycles. The van der Waals surface area contributed by atoms with Crippen molar-refractivity contribution in [2.45, 2.75) is 158 Å². The molecule has 0 aliphatic carbocycles. The topological polar surface area (TPSA) is 528 Å². The molecule has 570 valence electrons. The third kappa shape index (κ3) is 22.5. The summed E-state index contributed by atoms with van der Waals surface area (Å²) in [7, 11) is 0. The van der Waals surface area contributed by atoms with E-state index in [2.05, 4.69) is 68.1 Å². The van der Waals surface area contributed by atoms with Gasteiger partial charge in [-0.15, -0.1) is 0 Å². The standard InChI is InChI=1S/C74H93N17O16/c1-4-40(2)64(73(106)88-54(29-42-17-6-5-7-18-42)67(100)84-53(65(77)98)34-63(96)97)90-62(95)38-81-72(105)60-26-16-28-91(60)74(107)58(32-45-37-80-51-24-13-10-21-48(45)51)89-69(102)56(31-44-36-79-50-23-12-9-20-47(44)50)85-66(99)52(25-14-15-27-75)83-68(101)55(30-43-35-78-49-22-11-8-19-46(43)49)86-70(103)57(33-61(76)94)87-71(104)59(39-92)82-41(3)93/h5-13,17-24,35-37,40,52-60,64,78-80,92H,4,14-16,25-34,38-39,75H2,1-3H3,(H2,76,94)(H2,77,98)(H,81,105)(H,82,93)(H,83,101)(H,84,100)(H,85,99)(H,86,103)(H,87,104)(H,88,106)(H,89,102)(H,90,95)(H,96,97)/t40-,52-,53-,54-,55-,56-,57+,58-,59-,60-,64-/m0/s1. The molecule has 4 aromatic carbocycles. The van der Waals surface area contributed by atoms with E-state index in [4.69, 9.17) is 17.2 Å². The fourth-order valence-corrected chi connectivity index (χ4v) is 12.9. The van der Waals surface area contributed by atoms with Crippen LogP contribution >= 0.6 is 0 Å². The number of aliphatic carboxylic acids is 1.